The molecule has 0 aliphatic rings. The Morgan fingerprint density at radius 1 is 1.43 bits per heavy atom. The molecule has 1 aromatic carbocycles. The number of carbonyl (C=O) groups is 2. The zero-order valence-corrected chi connectivity index (χ0v) is 11.7. The van der Waals surface area contributed by atoms with E-state index in [1.165, 1.54) is 12.1 Å². The van der Waals surface area contributed by atoms with Gasteiger partial charge in [0.2, 0.25) is 5.91 Å². The summed E-state index contributed by atoms with van der Waals surface area (Å²) < 4.78 is 5.20. The lowest BCUT2D eigenvalue weighted by molar-refractivity contribution is -0.385. The monoisotopic (exact) mass is 296 g/mol. The third-order valence-electron chi connectivity index (χ3n) is 2.45. The van der Waals surface area contributed by atoms with Crippen LogP contribution in [0, 0.1) is 10.1 Å². The summed E-state index contributed by atoms with van der Waals surface area (Å²) in [5, 5.41) is 22.5. The number of nitrogens with zero attached hydrogens (tertiary/aromatic N) is 1. The van der Waals surface area contributed by atoms with E-state index in [0.717, 1.165) is 6.07 Å². The Bertz CT molecular complexity index is 556. The van der Waals surface area contributed by atoms with E-state index in [-0.39, 0.29) is 30.7 Å². The van der Waals surface area contributed by atoms with Gasteiger partial charge in [-0.05, 0) is 19.9 Å². The molecule has 0 radical (unpaired) electrons. The van der Waals surface area contributed by atoms with E-state index in [1.54, 1.807) is 0 Å². The van der Waals surface area contributed by atoms with Crippen LogP contribution in [-0.4, -0.2) is 34.6 Å². The maximum absolute atomic E-state index is 11.4. The fourth-order valence-electron chi connectivity index (χ4n) is 1.65. The summed E-state index contributed by atoms with van der Waals surface area (Å²) in [4.78, 5) is 32.6. The highest BCUT2D eigenvalue weighted by atomic mass is 16.6. The van der Waals surface area contributed by atoms with Gasteiger partial charge in [-0.15, -0.1) is 0 Å². The number of amides is 1. The van der Waals surface area contributed by atoms with E-state index >= 15 is 0 Å². The molecule has 0 bridgehead atoms. The largest absolute Gasteiger partial charge is 0.492 e. The van der Waals surface area contributed by atoms with Gasteiger partial charge in [0.25, 0.3) is 5.69 Å². The van der Waals surface area contributed by atoms with Gasteiger partial charge in [0.15, 0.2) is 5.56 Å². The number of nitrogens with one attached hydrogen (secondary N) is 1. The molecule has 114 valence electrons. The van der Waals surface area contributed by atoms with Crippen LogP contribution in [0.25, 0.3) is 0 Å². The van der Waals surface area contributed by atoms with Gasteiger partial charge >= 0.3 is 5.97 Å². The van der Waals surface area contributed by atoms with E-state index < -0.39 is 22.1 Å². The summed E-state index contributed by atoms with van der Waals surface area (Å²) >= 11 is 0. The van der Waals surface area contributed by atoms with E-state index in [1.807, 2.05) is 13.8 Å². The Kier molecular flexibility index (Phi) is 5.65. The van der Waals surface area contributed by atoms with Gasteiger partial charge in [-0.3, -0.25) is 14.9 Å². The fraction of sp³-hybridized carbons (Fsp3) is 0.385. The quantitative estimate of drug-likeness (QED) is 0.582. The number of aromatic carboxylic acids is 1. The molecule has 21 heavy (non-hydrogen) atoms. The normalized spacial score (nSPS) is 10.2. The molecule has 1 amide bonds. The minimum absolute atomic E-state index is 0.00936. The lowest BCUT2D eigenvalue weighted by Crippen LogP contribution is -2.31. The molecule has 0 aliphatic carbocycles. The summed E-state index contributed by atoms with van der Waals surface area (Å²) in [6, 6.07) is 3.72. The first-order valence-electron chi connectivity index (χ1n) is 6.25. The van der Waals surface area contributed by atoms with Crippen LogP contribution in [0.3, 0.4) is 0 Å². The van der Waals surface area contributed by atoms with Crippen molar-refractivity contribution in [3.63, 3.8) is 0 Å². The van der Waals surface area contributed by atoms with E-state index in [2.05, 4.69) is 5.32 Å². The fourth-order valence-corrected chi connectivity index (χ4v) is 1.65. The molecule has 0 atom stereocenters. The van der Waals surface area contributed by atoms with Gasteiger partial charge in [0, 0.05) is 12.1 Å². The Labute approximate surface area is 120 Å². The van der Waals surface area contributed by atoms with Crippen LogP contribution in [0.4, 0.5) is 5.69 Å². The number of ether oxygens (including phenoxy) is 1. The second-order valence-corrected chi connectivity index (χ2v) is 4.53. The van der Waals surface area contributed by atoms with Crippen molar-refractivity contribution < 1.29 is 24.4 Å². The van der Waals surface area contributed by atoms with Gasteiger partial charge in [-0.25, -0.2) is 4.79 Å². The van der Waals surface area contributed by atoms with Crippen molar-refractivity contribution in [2.75, 3.05) is 6.61 Å². The maximum atomic E-state index is 11.4. The maximum Gasteiger partial charge on any atom is 0.346 e. The van der Waals surface area contributed by atoms with Crippen LogP contribution in [0.15, 0.2) is 18.2 Å². The van der Waals surface area contributed by atoms with Crippen molar-refractivity contribution in [3.05, 3.63) is 33.9 Å². The zero-order valence-electron chi connectivity index (χ0n) is 11.7. The predicted molar refractivity (Wildman–Crippen MR) is 73.4 cm³/mol. The smallest absolute Gasteiger partial charge is 0.346 e. The van der Waals surface area contributed by atoms with Gasteiger partial charge in [0.1, 0.15) is 5.75 Å². The lowest BCUT2D eigenvalue weighted by Gasteiger charge is -2.10. The SMILES string of the molecule is CC(C)NC(=O)CCOc1cccc([N+](=O)[O-])c1C(=O)O. The molecule has 2 N–H and O–H groups in total. The summed E-state index contributed by atoms with van der Waals surface area (Å²) in [5.74, 6) is -1.83. The molecule has 0 spiro atoms. The second-order valence-electron chi connectivity index (χ2n) is 4.53. The first-order chi connectivity index (χ1) is 9.82. The summed E-state index contributed by atoms with van der Waals surface area (Å²) in [6.45, 7) is 3.55. The molecular formula is C13H16N2O6. The number of benzene rings is 1. The molecule has 0 saturated carbocycles. The Morgan fingerprint density at radius 2 is 2.10 bits per heavy atom. The zero-order chi connectivity index (χ0) is 16.0. The summed E-state index contributed by atoms with van der Waals surface area (Å²) in [6.07, 6.45) is 0.0277. The minimum Gasteiger partial charge on any atom is -0.492 e. The second kappa shape index (κ2) is 7.22. The number of hydrogen-bond acceptors (Lipinski definition) is 5. The molecule has 1 aromatic rings. The van der Waals surface area contributed by atoms with Crippen LogP contribution in [0.5, 0.6) is 5.75 Å². The summed E-state index contributed by atoms with van der Waals surface area (Å²) in [7, 11) is 0. The first-order valence-corrected chi connectivity index (χ1v) is 6.25. The van der Waals surface area contributed by atoms with Gasteiger partial charge < -0.3 is 15.2 Å². The first kappa shape index (κ1) is 16.4. The van der Waals surface area contributed by atoms with Gasteiger partial charge in [0.05, 0.1) is 18.0 Å². The number of carboxylic acids is 1. The average molecular weight is 296 g/mol. The molecule has 0 heterocycles. The molecule has 0 unspecified atom stereocenters. The molecule has 0 aromatic heterocycles. The Hall–Kier alpha value is -2.64. The molecular weight excluding hydrogens is 280 g/mol. The van der Waals surface area contributed by atoms with Crippen molar-refractivity contribution >= 4 is 17.6 Å². The van der Waals surface area contributed by atoms with E-state index in [4.69, 9.17) is 9.84 Å². The number of carbonyl (C=O) groups excluding carboxylic acids is 1. The van der Waals surface area contributed by atoms with Gasteiger partial charge in [-0.2, -0.15) is 0 Å². The number of nitro groups is 1. The van der Waals surface area contributed by atoms with Crippen molar-refractivity contribution in [1.29, 1.82) is 0 Å². The van der Waals surface area contributed by atoms with Crippen molar-refractivity contribution in [2.24, 2.45) is 0 Å². The van der Waals surface area contributed by atoms with Crippen molar-refractivity contribution in [1.82, 2.24) is 5.32 Å². The van der Waals surface area contributed by atoms with Crippen molar-refractivity contribution in [3.8, 4) is 5.75 Å². The number of nitro benzene ring substituents is 1. The highest BCUT2D eigenvalue weighted by Crippen LogP contribution is 2.28. The average Bonchev–Trinajstić information content (AvgIpc) is 2.37. The molecule has 0 saturated heterocycles. The Morgan fingerprint density at radius 3 is 2.62 bits per heavy atom. The lowest BCUT2D eigenvalue weighted by atomic mass is 10.1. The van der Waals surface area contributed by atoms with Crippen LogP contribution in [0.2, 0.25) is 0 Å². The molecule has 0 aliphatic heterocycles. The number of hydrogen-bond donors (Lipinski definition) is 2. The standard InChI is InChI=1S/C13H16N2O6/c1-8(2)14-11(16)6-7-21-10-5-3-4-9(15(19)20)12(10)13(17)18/h3-5,8H,6-7H2,1-2H3,(H,14,16)(H,17,18). The third kappa shape index (κ3) is 4.75. The van der Waals surface area contributed by atoms with Crippen LogP contribution >= 0.6 is 0 Å². The van der Waals surface area contributed by atoms with Crippen LogP contribution in [-0.2, 0) is 4.79 Å². The minimum atomic E-state index is -1.45. The topological polar surface area (TPSA) is 119 Å². The van der Waals surface area contributed by atoms with Crippen LogP contribution < -0.4 is 10.1 Å². The van der Waals surface area contributed by atoms with Crippen LogP contribution in [0.1, 0.15) is 30.6 Å². The molecule has 1 rings (SSSR count). The molecule has 8 nitrogen and oxygen atoms in total. The number of carboxylic acid groups (broad SMARTS) is 1. The highest BCUT2D eigenvalue weighted by Gasteiger charge is 2.24. The summed E-state index contributed by atoms with van der Waals surface area (Å²) in [5.41, 5.74) is -1.07. The van der Waals surface area contributed by atoms with Gasteiger partial charge in [-0.1, -0.05) is 6.07 Å². The van der Waals surface area contributed by atoms with E-state index in [0.29, 0.717) is 0 Å². The van der Waals surface area contributed by atoms with E-state index in [9.17, 15) is 19.7 Å². The van der Waals surface area contributed by atoms with Crippen molar-refractivity contribution in [2.45, 2.75) is 26.3 Å². The highest BCUT2D eigenvalue weighted by molar-refractivity contribution is 5.95. The third-order valence-corrected chi connectivity index (χ3v) is 2.45. The number of rotatable bonds is 7. The molecule has 8 heteroatoms. The molecule has 0 fully saturated rings. The predicted octanol–water partition coefficient (Wildman–Crippen LogP) is 1.59. The Balaban J connectivity index is 2.80.